The van der Waals surface area contributed by atoms with E-state index in [1.54, 1.807) is 0 Å². The maximum Gasteiger partial charge on any atom is 0.346 e. The smallest absolute Gasteiger partial charge is 0.346 e. The number of esters is 2. The predicted molar refractivity (Wildman–Crippen MR) is 95.0 cm³/mol. The molecular weight excluding hydrogens is 492 g/mol. The molecule has 0 aromatic heterocycles. The summed E-state index contributed by atoms with van der Waals surface area (Å²) in [6.45, 7) is 0. The van der Waals surface area contributed by atoms with Crippen LogP contribution in [0.1, 0.15) is 20.7 Å². The fourth-order valence-corrected chi connectivity index (χ4v) is 4.43. The molecule has 0 aliphatic rings. The van der Waals surface area contributed by atoms with E-state index in [2.05, 4.69) is 20.7 Å². The number of hydrogen-bond acceptors (Lipinski definition) is 7. The maximum atomic E-state index is 12.0. The van der Waals surface area contributed by atoms with Crippen molar-refractivity contribution in [3.63, 3.8) is 0 Å². The van der Waals surface area contributed by atoms with E-state index in [9.17, 15) is 26.4 Å². The quantitative estimate of drug-likeness (QED) is 0.367. The molecule has 2 N–H and O–H groups in total. The first-order chi connectivity index (χ1) is 12.3. The summed E-state index contributed by atoms with van der Waals surface area (Å²) in [5.74, 6) is -2.31. The third kappa shape index (κ3) is 5.12. The van der Waals surface area contributed by atoms with E-state index in [0.29, 0.717) is 0 Å². The summed E-state index contributed by atoms with van der Waals surface area (Å²) in [6.07, 6.45) is 0. The minimum atomic E-state index is -4.59. The highest BCUT2D eigenvalue weighted by atomic mass is 79.9. The Morgan fingerprint density at radius 2 is 1.30 bits per heavy atom. The van der Waals surface area contributed by atoms with Gasteiger partial charge in [0.2, 0.25) is 0 Å². The van der Waals surface area contributed by atoms with Gasteiger partial charge in [0, 0.05) is 4.47 Å². The Balaban J connectivity index is 2.25. The molecule has 0 aliphatic carbocycles. The highest BCUT2D eigenvalue weighted by Crippen LogP contribution is 2.25. The lowest BCUT2D eigenvalue weighted by Gasteiger charge is -2.07. The molecule has 0 bridgehead atoms. The van der Waals surface area contributed by atoms with Crippen LogP contribution in [-0.4, -0.2) is 37.9 Å². The zero-order valence-corrected chi connectivity index (χ0v) is 16.8. The number of rotatable bonds is 4. The van der Waals surface area contributed by atoms with Gasteiger partial charge < -0.3 is 4.74 Å². The lowest BCUT2D eigenvalue weighted by Crippen LogP contribution is -2.13. The van der Waals surface area contributed by atoms with Crippen LogP contribution in [0.4, 0.5) is 0 Å². The second-order valence-electron chi connectivity index (χ2n) is 4.92. The van der Waals surface area contributed by atoms with Gasteiger partial charge in [0.25, 0.3) is 20.2 Å². The van der Waals surface area contributed by atoms with Gasteiger partial charge in [-0.05, 0) is 52.3 Å². The normalized spacial score (nSPS) is 11.9. The Kier molecular flexibility index (Phi) is 6.09. The first kappa shape index (κ1) is 21.5. The highest BCUT2D eigenvalue weighted by Gasteiger charge is 2.21. The molecule has 0 saturated carbocycles. The molecule has 0 fully saturated rings. The monoisotopic (exact) mass is 498 g/mol. The van der Waals surface area contributed by atoms with E-state index >= 15 is 0 Å². The molecule has 0 atom stereocenters. The van der Waals surface area contributed by atoms with Crippen molar-refractivity contribution in [3.8, 4) is 0 Å². The Morgan fingerprint density at radius 3 is 1.70 bits per heavy atom. The molecule has 0 unspecified atom stereocenters. The molecule has 0 heterocycles. The van der Waals surface area contributed by atoms with E-state index in [-0.39, 0.29) is 15.6 Å². The van der Waals surface area contributed by atoms with Crippen molar-refractivity contribution in [2.24, 2.45) is 0 Å². The number of benzene rings is 2. The van der Waals surface area contributed by atoms with Crippen molar-refractivity contribution in [3.05, 3.63) is 57.0 Å². The molecule has 0 radical (unpaired) electrons. The number of ether oxygens (including phenoxy) is 1. The average Bonchev–Trinajstić information content (AvgIpc) is 2.52. The van der Waals surface area contributed by atoms with Crippen molar-refractivity contribution >= 4 is 59.7 Å². The molecule has 0 amide bonds. The molecule has 144 valence electrons. The van der Waals surface area contributed by atoms with Gasteiger partial charge in [0.05, 0.1) is 16.1 Å². The first-order valence-corrected chi connectivity index (χ1v) is 10.7. The second-order valence-corrected chi connectivity index (χ2v) is 8.96. The minimum Gasteiger partial charge on any atom is -0.386 e. The Hall–Kier alpha value is -1.83. The van der Waals surface area contributed by atoms with Crippen molar-refractivity contribution < 1.29 is 40.3 Å². The van der Waals surface area contributed by atoms with Crippen LogP contribution in [0, 0.1) is 0 Å². The first-order valence-electron chi connectivity index (χ1n) is 6.61. The van der Waals surface area contributed by atoms with Crippen molar-refractivity contribution in [1.29, 1.82) is 0 Å². The van der Waals surface area contributed by atoms with Crippen molar-refractivity contribution in [2.45, 2.75) is 9.79 Å². The molecule has 0 spiro atoms. The van der Waals surface area contributed by atoms with Gasteiger partial charge in [-0.1, -0.05) is 11.6 Å². The van der Waals surface area contributed by atoms with Gasteiger partial charge in [0.15, 0.2) is 0 Å². The lowest BCUT2D eigenvalue weighted by molar-refractivity contribution is 0.0397. The van der Waals surface area contributed by atoms with Gasteiger partial charge in [-0.3, -0.25) is 9.11 Å². The summed E-state index contributed by atoms with van der Waals surface area (Å²) < 4.78 is 66.8. The molecule has 0 saturated heterocycles. The van der Waals surface area contributed by atoms with E-state index in [4.69, 9.17) is 20.7 Å². The van der Waals surface area contributed by atoms with Crippen LogP contribution >= 0.6 is 27.5 Å². The maximum absolute atomic E-state index is 12.0. The van der Waals surface area contributed by atoms with Crippen LogP contribution < -0.4 is 0 Å². The molecule has 27 heavy (non-hydrogen) atoms. The summed E-state index contributed by atoms with van der Waals surface area (Å²) in [6, 6.07) is 5.68. The third-order valence-electron chi connectivity index (χ3n) is 3.08. The van der Waals surface area contributed by atoms with Crippen LogP contribution in [0.25, 0.3) is 0 Å². The zero-order chi connectivity index (χ0) is 20.6. The van der Waals surface area contributed by atoms with Crippen LogP contribution in [-0.2, 0) is 25.0 Å². The van der Waals surface area contributed by atoms with Crippen molar-refractivity contribution in [2.75, 3.05) is 0 Å². The van der Waals surface area contributed by atoms with Gasteiger partial charge in [-0.15, -0.1) is 0 Å². The largest absolute Gasteiger partial charge is 0.386 e. The van der Waals surface area contributed by atoms with Gasteiger partial charge >= 0.3 is 11.9 Å². The topological polar surface area (TPSA) is 152 Å². The predicted octanol–water partition coefficient (Wildman–Crippen LogP) is 2.59. The number of hydrogen-bond donors (Lipinski definition) is 2. The van der Waals surface area contributed by atoms with E-state index in [0.717, 1.165) is 36.4 Å². The van der Waals surface area contributed by atoms with Gasteiger partial charge in [-0.2, -0.15) is 16.8 Å². The molecule has 2 aromatic carbocycles. The summed E-state index contributed by atoms with van der Waals surface area (Å²) in [5.41, 5.74) is -0.474. The standard InChI is InChI=1S/C14H8BrClO9S2/c15-9-5-7(1-3-11(9)26(19,20)21)13(17)25-14(18)8-2-4-12(10(16)6-8)27(22,23)24/h1-6H,(H,19,20,21)(H,22,23,24). The zero-order valence-electron chi connectivity index (χ0n) is 12.8. The Morgan fingerprint density at radius 1 is 0.852 bits per heavy atom. The van der Waals surface area contributed by atoms with Crippen LogP contribution in [0.3, 0.4) is 0 Å². The molecule has 0 aliphatic heterocycles. The SMILES string of the molecule is O=C(OC(=O)c1ccc(S(=O)(=O)O)c(Br)c1)c1ccc(S(=O)(=O)O)c(Cl)c1. The molecule has 2 aromatic rings. The number of carbonyl (C=O) groups excluding carboxylic acids is 2. The second kappa shape index (κ2) is 7.66. The summed E-state index contributed by atoms with van der Waals surface area (Å²) in [5, 5.41) is -0.459. The van der Waals surface area contributed by atoms with Crippen LogP contribution in [0.15, 0.2) is 50.7 Å². The van der Waals surface area contributed by atoms with Crippen molar-refractivity contribution in [1.82, 2.24) is 0 Å². The third-order valence-corrected chi connectivity index (χ3v) is 6.24. The Labute approximate surface area is 166 Å². The van der Waals surface area contributed by atoms with E-state index < -0.39 is 47.0 Å². The minimum absolute atomic E-state index is 0.132. The molecule has 9 nitrogen and oxygen atoms in total. The van der Waals surface area contributed by atoms with E-state index in [1.807, 2.05) is 0 Å². The highest BCUT2D eigenvalue weighted by molar-refractivity contribution is 9.10. The Bertz CT molecular complexity index is 1070. The van der Waals surface area contributed by atoms with E-state index in [1.165, 1.54) is 0 Å². The molecule has 13 heteroatoms. The molecular formula is C14H8BrClO9S2. The van der Waals surface area contributed by atoms with Crippen LogP contribution in [0.5, 0.6) is 0 Å². The average molecular weight is 500 g/mol. The fraction of sp³-hybridized carbons (Fsp3) is 0. The summed E-state index contributed by atoms with van der Waals surface area (Å²) in [7, 11) is -9.10. The fourth-order valence-electron chi connectivity index (χ4n) is 1.88. The van der Waals surface area contributed by atoms with Gasteiger partial charge in [-0.25, -0.2) is 9.59 Å². The molecule has 2 rings (SSSR count). The van der Waals surface area contributed by atoms with Gasteiger partial charge in [0.1, 0.15) is 9.79 Å². The lowest BCUT2D eigenvalue weighted by atomic mass is 10.2. The summed E-state index contributed by atoms with van der Waals surface area (Å²) >= 11 is 8.54. The van der Waals surface area contributed by atoms with Crippen LogP contribution in [0.2, 0.25) is 5.02 Å². The number of carbonyl (C=O) groups is 2. The summed E-state index contributed by atoms with van der Waals surface area (Å²) in [4.78, 5) is 22.9. The number of halogens is 2.